The first-order valence-corrected chi connectivity index (χ1v) is 8.05. The van der Waals surface area contributed by atoms with E-state index in [-0.39, 0.29) is 12.1 Å². The van der Waals surface area contributed by atoms with Crippen molar-refractivity contribution in [2.24, 2.45) is 11.8 Å². The van der Waals surface area contributed by atoms with Gasteiger partial charge in [-0.3, -0.25) is 10.1 Å². The molecule has 3 atom stereocenters. The Morgan fingerprint density at radius 3 is 2.75 bits per heavy atom. The Bertz CT molecular complexity index is 326. The van der Waals surface area contributed by atoms with Crippen LogP contribution in [0, 0.1) is 11.8 Å². The Morgan fingerprint density at radius 2 is 2.15 bits per heavy atom. The van der Waals surface area contributed by atoms with Crippen molar-refractivity contribution in [2.45, 2.75) is 64.0 Å². The first-order valence-electron chi connectivity index (χ1n) is 8.05. The van der Waals surface area contributed by atoms with Crippen LogP contribution in [0.25, 0.3) is 0 Å². The molecule has 0 aromatic carbocycles. The molecule has 3 unspecified atom stereocenters. The van der Waals surface area contributed by atoms with Gasteiger partial charge in [0.05, 0.1) is 13.2 Å². The zero-order chi connectivity index (χ0) is 14.6. The minimum absolute atomic E-state index is 0.0890. The quantitative estimate of drug-likeness (QED) is 0.788. The molecule has 1 heterocycles. The van der Waals surface area contributed by atoms with Crippen molar-refractivity contribution in [2.75, 3.05) is 20.3 Å². The molecule has 0 spiro atoms. The van der Waals surface area contributed by atoms with Gasteiger partial charge in [-0.25, -0.2) is 0 Å². The Morgan fingerprint density at radius 1 is 1.35 bits per heavy atom. The lowest BCUT2D eigenvalue weighted by atomic mass is 9.67. The second-order valence-electron chi connectivity index (χ2n) is 6.58. The number of rotatable bonds is 5. The maximum atomic E-state index is 12.5. The van der Waals surface area contributed by atoms with Gasteiger partial charge in [0, 0.05) is 13.2 Å². The van der Waals surface area contributed by atoms with Crippen LogP contribution in [0.5, 0.6) is 0 Å². The molecular formula is C16H29NO3. The predicted octanol–water partition coefficient (Wildman–Crippen LogP) is 2.51. The number of carbonyl (C=O) groups is 1. The molecule has 0 bridgehead atoms. The molecule has 0 aromatic rings. The van der Waals surface area contributed by atoms with E-state index >= 15 is 0 Å². The second-order valence-corrected chi connectivity index (χ2v) is 6.58. The SMILES string of the molecule is COC(=O)C1(NCC2CCCO2)CCCCC1C(C)C. The molecule has 1 N–H and O–H groups in total. The Kier molecular flexibility index (Phi) is 5.44. The van der Waals surface area contributed by atoms with Gasteiger partial charge in [0.2, 0.25) is 0 Å². The third kappa shape index (κ3) is 3.17. The van der Waals surface area contributed by atoms with E-state index in [0.717, 1.165) is 45.3 Å². The summed E-state index contributed by atoms with van der Waals surface area (Å²) >= 11 is 0. The van der Waals surface area contributed by atoms with Crippen molar-refractivity contribution < 1.29 is 14.3 Å². The average Bonchev–Trinajstić information content (AvgIpc) is 2.97. The molecule has 2 aliphatic rings. The summed E-state index contributed by atoms with van der Waals surface area (Å²) in [5.74, 6) is 0.741. The van der Waals surface area contributed by atoms with E-state index in [9.17, 15) is 4.79 Å². The van der Waals surface area contributed by atoms with E-state index in [1.54, 1.807) is 0 Å². The van der Waals surface area contributed by atoms with E-state index in [4.69, 9.17) is 9.47 Å². The van der Waals surface area contributed by atoms with Gasteiger partial charge in [-0.15, -0.1) is 0 Å². The highest BCUT2D eigenvalue weighted by molar-refractivity contribution is 5.81. The van der Waals surface area contributed by atoms with Crippen molar-refractivity contribution in [3.05, 3.63) is 0 Å². The van der Waals surface area contributed by atoms with Crippen LogP contribution >= 0.6 is 0 Å². The predicted molar refractivity (Wildman–Crippen MR) is 78.5 cm³/mol. The Balaban J connectivity index is 2.11. The molecule has 0 amide bonds. The van der Waals surface area contributed by atoms with Crippen LogP contribution < -0.4 is 5.32 Å². The van der Waals surface area contributed by atoms with Gasteiger partial charge in [0.25, 0.3) is 0 Å². The highest BCUT2D eigenvalue weighted by Gasteiger charge is 2.49. The molecule has 20 heavy (non-hydrogen) atoms. The smallest absolute Gasteiger partial charge is 0.326 e. The molecule has 4 heteroatoms. The van der Waals surface area contributed by atoms with Gasteiger partial charge in [-0.2, -0.15) is 0 Å². The summed E-state index contributed by atoms with van der Waals surface area (Å²) in [6, 6.07) is 0. The van der Waals surface area contributed by atoms with Crippen molar-refractivity contribution in [3.63, 3.8) is 0 Å². The molecule has 1 saturated heterocycles. The highest BCUT2D eigenvalue weighted by atomic mass is 16.5. The standard InChI is InChI=1S/C16H29NO3/c1-12(2)14-8-4-5-9-16(14,15(18)19-3)17-11-13-7-6-10-20-13/h12-14,17H,4-11H2,1-3H3. The first-order chi connectivity index (χ1) is 9.60. The molecule has 0 radical (unpaired) electrons. The number of hydrogen-bond acceptors (Lipinski definition) is 4. The van der Waals surface area contributed by atoms with Gasteiger partial charge in [-0.05, 0) is 37.5 Å². The lowest BCUT2D eigenvalue weighted by Crippen LogP contribution is -2.61. The van der Waals surface area contributed by atoms with Crippen LogP contribution in [0.2, 0.25) is 0 Å². The van der Waals surface area contributed by atoms with Crippen LogP contribution in [0.3, 0.4) is 0 Å². The van der Waals surface area contributed by atoms with Crippen molar-refractivity contribution in [1.82, 2.24) is 5.32 Å². The summed E-state index contributed by atoms with van der Waals surface area (Å²) in [5.41, 5.74) is -0.507. The monoisotopic (exact) mass is 283 g/mol. The van der Waals surface area contributed by atoms with E-state index in [2.05, 4.69) is 19.2 Å². The molecular weight excluding hydrogens is 254 g/mol. The Hall–Kier alpha value is -0.610. The van der Waals surface area contributed by atoms with Gasteiger partial charge in [-0.1, -0.05) is 26.7 Å². The van der Waals surface area contributed by atoms with E-state index in [0.29, 0.717) is 11.8 Å². The normalized spacial score (nSPS) is 34.4. The maximum absolute atomic E-state index is 12.5. The third-order valence-electron chi connectivity index (χ3n) is 4.99. The molecule has 2 rings (SSSR count). The fourth-order valence-electron chi connectivity index (χ4n) is 3.93. The summed E-state index contributed by atoms with van der Waals surface area (Å²) in [6.07, 6.45) is 6.77. The highest BCUT2D eigenvalue weighted by Crippen LogP contribution is 2.39. The molecule has 116 valence electrons. The van der Waals surface area contributed by atoms with Crippen LogP contribution in [0.4, 0.5) is 0 Å². The third-order valence-corrected chi connectivity index (χ3v) is 4.99. The topological polar surface area (TPSA) is 47.6 Å². The van der Waals surface area contributed by atoms with Crippen LogP contribution in [0.1, 0.15) is 52.4 Å². The van der Waals surface area contributed by atoms with Gasteiger partial charge in [0.15, 0.2) is 0 Å². The van der Waals surface area contributed by atoms with E-state index in [1.165, 1.54) is 13.5 Å². The largest absolute Gasteiger partial charge is 0.468 e. The summed E-state index contributed by atoms with van der Waals surface area (Å²) < 4.78 is 10.8. The molecule has 4 nitrogen and oxygen atoms in total. The van der Waals surface area contributed by atoms with E-state index in [1.807, 2.05) is 0 Å². The van der Waals surface area contributed by atoms with Crippen molar-refractivity contribution in [1.29, 1.82) is 0 Å². The fourth-order valence-corrected chi connectivity index (χ4v) is 3.93. The minimum Gasteiger partial charge on any atom is -0.468 e. The summed E-state index contributed by atoms with van der Waals surface area (Å²) in [5, 5.41) is 3.56. The lowest BCUT2D eigenvalue weighted by Gasteiger charge is -2.45. The number of hydrogen-bond donors (Lipinski definition) is 1. The number of esters is 1. The number of carbonyl (C=O) groups excluding carboxylic acids is 1. The first kappa shape index (κ1) is 15.8. The van der Waals surface area contributed by atoms with Gasteiger partial charge in [0.1, 0.15) is 5.54 Å². The molecule has 1 aliphatic carbocycles. The summed E-state index contributed by atoms with van der Waals surface area (Å²) in [7, 11) is 1.50. The van der Waals surface area contributed by atoms with Gasteiger partial charge >= 0.3 is 5.97 Å². The molecule has 0 aromatic heterocycles. The van der Waals surface area contributed by atoms with Crippen LogP contribution in [-0.4, -0.2) is 37.9 Å². The number of ether oxygens (including phenoxy) is 2. The van der Waals surface area contributed by atoms with E-state index < -0.39 is 5.54 Å². The summed E-state index contributed by atoms with van der Waals surface area (Å²) in [4.78, 5) is 12.5. The molecule has 1 saturated carbocycles. The maximum Gasteiger partial charge on any atom is 0.326 e. The molecule has 2 fully saturated rings. The second kappa shape index (κ2) is 6.90. The Labute approximate surface area is 122 Å². The summed E-state index contributed by atoms with van der Waals surface area (Å²) in [6.45, 7) is 6.03. The zero-order valence-corrected chi connectivity index (χ0v) is 13.1. The van der Waals surface area contributed by atoms with Crippen molar-refractivity contribution >= 4 is 5.97 Å². The zero-order valence-electron chi connectivity index (χ0n) is 13.1. The van der Waals surface area contributed by atoms with Crippen LogP contribution in [0.15, 0.2) is 0 Å². The molecule has 1 aliphatic heterocycles. The van der Waals surface area contributed by atoms with Crippen LogP contribution in [-0.2, 0) is 14.3 Å². The van der Waals surface area contributed by atoms with Gasteiger partial charge < -0.3 is 9.47 Å². The fraction of sp³-hybridized carbons (Fsp3) is 0.938. The lowest BCUT2D eigenvalue weighted by molar-refractivity contribution is -0.154. The minimum atomic E-state index is -0.507. The number of nitrogens with one attached hydrogen (secondary N) is 1. The average molecular weight is 283 g/mol. The number of methoxy groups -OCH3 is 1. The van der Waals surface area contributed by atoms with Crippen molar-refractivity contribution in [3.8, 4) is 0 Å².